The van der Waals surface area contributed by atoms with Crippen LogP contribution in [0.25, 0.3) is 0 Å². The van der Waals surface area contributed by atoms with Crippen LogP contribution >= 0.6 is 23.2 Å². The standard InChI is InChI=1S/C15H17Cl2N3O2/c16-12-6-5-7-13(17)11(12)10-18-19-14(21)15(22)20-8-3-1-2-4-9-20/h5-7,10H,1-4,8-9H2,(H,19,21)/b18-10-. The number of hydrogen-bond acceptors (Lipinski definition) is 3. The molecule has 0 aromatic heterocycles. The molecule has 0 atom stereocenters. The summed E-state index contributed by atoms with van der Waals surface area (Å²) in [7, 11) is 0. The summed E-state index contributed by atoms with van der Waals surface area (Å²) in [5, 5.41) is 4.60. The molecule has 0 unspecified atom stereocenters. The van der Waals surface area contributed by atoms with Crippen LogP contribution in [0.4, 0.5) is 0 Å². The summed E-state index contributed by atoms with van der Waals surface area (Å²) in [4.78, 5) is 25.4. The Hall–Kier alpha value is -1.59. The summed E-state index contributed by atoms with van der Waals surface area (Å²) < 4.78 is 0. The molecular weight excluding hydrogens is 325 g/mol. The molecular formula is C15H17Cl2N3O2. The molecule has 1 N–H and O–H groups in total. The second-order valence-corrected chi connectivity index (χ2v) is 5.86. The summed E-state index contributed by atoms with van der Waals surface area (Å²) >= 11 is 12.0. The first kappa shape index (κ1) is 16.8. The summed E-state index contributed by atoms with van der Waals surface area (Å²) in [6, 6.07) is 5.04. The third-order valence-electron chi connectivity index (χ3n) is 3.45. The summed E-state index contributed by atoms with van der Waals surface area (Å²) in [5.41, 5.74) is 2.72. The van der Waals surface area contributed by atoms with Crippen LogP contribution in [0.15, 0.2) is 23.3 Å². The molecule has 5 nitrogen and oxygen atoms in total. The summed E-state index contributed by atoms with van der Waals surface area (Å²) in [5.74, 6) is -1.30. The molecule has 0 saturated carbocycles. The lowest BCUT2D eigenvalue weighted by atomic mass is 10.2. The number of nitrogens with zero attached hydrogens (tertiary/aromatic N) is 2. The minimum Gasteiger partial charge on any atom is -0.334 e. The SMILES string of the molecule is O=C(N/N=C\c1c(Cl)cccc1Cl)C(=O)N1CCCCCC1. The first-order chi connectivity index (χ1) is 10.6. The Bertz CT molecular complexity index is 562. The fraction of sp³-hybridized carbons (Fsp3) is 0.400. The van der Waals surface area contributed by atoms with Gasteiger partial charge >= 0.3 is 11.8 Å². The highest BCUT2D eigenvalue weighted by Gasteiger charge is 2.22. The topological polar surface area (TPSA) is 61.8 Å². The van der Waals surface area contributed by atoms with Crippen LogP contribution in [-0.2, 0) is 9.59 Å². The molecule has 1 fully saturated rings. The molecule has 0 radical (unpaired) electrons. The highest BCUT2D eigenvalue weighted by Crippen LogP contribution is 2.21. The van der Waals surface area contributed by atoms with E-state index in [9.17, 15) is 9.59 Å². The van der Waals surface area contributed by atoms with Gasteiger partial charge in [0, 0.05) is 18.7 Å². The number of halogens is 2. The maximum Gasteiger partial charge on any atom is 0.329 e. The molecule has 118 valence electrons. The largest absolute Gasteiger partial charge is 0.334 e. The van der Waals surface area contributed by atoms with Gasteiger partial charge in [0.15, 0.2) is 0 Å². The first-order valence-electron chi connectivity index (χ1n) is 7.16. The number of benzene rings is 1. The van der Waals surface area contributed by atoms with Gasteiger partial charge in [-0.15, -0.1) is 0 Å². The molecule has 7 heteroatoms. The molecule has 1 saturated heterocycles. The zero-order valence-electron chi connectivity index (χ0n) is 12.0. The van der Waals surface area contributed by atoms with Crippen LogP contribution in [0.2, 0.25) is 10.0 Å². The van der Waals surface area contributed by atoms with Crippen LogP contribution < -0.4 is 5.43 Å². The van der Waals surface area contributed by atoms with Crippen molar-refractivity contribution in [1.29, 1.82) is 0 Å². The molecule has 1 heterocycles. The number of carbonyl (C=O) groups is 2. The van der Waals surface area contributed by atoms with E-state index in [1.54, 1.807) is 23.1 Å². The van der Waals surface area contributed by atoms with Gasteiger partial charge in [-0.05, 0) is 25.0 Å². The summed E-state index contributed by atoms with van der Waals surface area (Å²) in [6.45, 7) is 1.23. The van der Waals surface area contributed by atoms with Crippen molar-refractivity contribution in [1.82, 2.24) is 10.3 Å². The lowest BCUT2D eigenvalue weighted by Gasteiger charge is -2.18. The first-order valence-corrected chi connectivity index (χ1v) is 7.91. The smallest absolute Gasteiger partial charge is 0.329 e. The van der Waals surface area contributed by atoms with Crippen molar-refractivity contribution in [3.8, 4) is 0 Å². The van der Waals surface area contributed by atoms with E-state index in [0.717, 1.165) is 25.7 Å². The zero-order chi connectivity index (χ0) is 15.9. The molecule has 0 spiro atoms. The Kier molecular flexibility index (Phi) is 6.21. The Morgan fingerprint density at radius 2 is 1.68 bits per heavy atom. The lowest BCUT2D eigenvalue weighted by Crippen LogP contribution is -2.41. The zero-order valence-corrected chi connectivity index (χ0v) is 13.5. The van der Waals surface area contributed by atoms with Crippen molar-refractivity contribution in [3.05, 3.63) is 33.8 Å². The molecule has 0 aliphatic carbocycles. The van der Waals surface area contributed by atoms with Crippen LogP contribution in [-0.4, -0.2) is 36.0 Å². The molecule has 1 aromatic carbocycles. The van der Waals surface area contributed by atoms with Gasteiger partial charge in [-0.25, -0.2) is 5.43 Å². The number of likely N-dealkylation sites (tertiary alicyclic amines) is 1. The fourth-order valence-corrected chi connectivity index (χ4v) is 2.75. The van der Waals surface area contributed by atoms with Crippen LogP contribution in [0.5, 0.6) is 0 Å². The average Bonchev–Trinajstić information content (AvgIpc) is 2.78. The Morgan fingerprint density at radius 1 is 1.09 bits per heavy atom. The number of hydrogen-bond donors (Lipinski definition) is 1. The predicted octanol–water partition coefficient (Wildman–Crippen LogP) is 2.85. The fourth-order valence-electron chi connectivity index (χ4n) is 2.25. The van der Waals surface area contributed by atoms with Crippen molar-refractivity contribution in [2.24, 2.45) is 5.10 Å². The maximum absolute atomic E-state index is 12.0. The van der Waals surface area contributed by atoms with Gasteiger partial charge in [0.25, 0.3) is 0 Å². The van der Waals surface area contributed by atoms with Gasteiger partial charge < -0.3 is 4.90 Å². The third kappa shape index (κ3) is 4.45. The van der Waals surface area contributed by atoms with E-state index in [2.05, 4.69) is 10.5 Å². The number of carbonyl (C=O) groups excluding carboxylic acids is 2. The Labute approximate surface area is 139 Å². The molecule has 2 amide bonds. The number of amides is 2. The van der Waals surface area contributed by atoms with Crippen molar-refractivity contribution >= 4 is 41.2 Å². The van der Waals surface area contributed by atoms with E-state index in [-0.39, 0.29) is 0 Å². The molecule has 1 aliphatic rings. The third-order valence-corrected chi connectivity index (χ3v) is 4.11. The molecule has 1 aliphatic heterocycles. The van der Waals surface area contributed by atoms with Crippen molar-refractivity contribution in [2.75, 3.05) is 13.1 Å². The quantitative estimate of drug-likeness (QED) is 0.510. The van der Waals surface area contributed by atoms with Crippen molar-refractivity contribution in [2.45, 2.75) is 25.7 Å². The minimum atomic E-state index is -0.749. The van der Waals surface area contributed by atoms with Gasteiger partial charge in [0.05, 0.1) is 16.3 Å². The van der Waals surface area contributed by atoms with Gasteiger partial charge in [0.2, 0.25) is 0 Å². The monoisotopic (exact) mass is 341 g/mol. The normalized spacial score (nSPS) is 15.6. The Morgan fingerprint density at radius 3 is 2.27 bits per heavy atom. The molecule has 22 heavy (non-hydrogen) atoms. The Balaban J connectivity index is 1.94. The minimum absolute atomic E-state index is 0.421. The van der Waals surface area contributed by atoms with Crippen LogP contribution in [0, 0.1) is 0 Å². The van der Waals surface area contributed by atoms with Crippen molar-refractivity contribution < 1.29 is 9.59 Å². The lowest BCUT2D eigenvalue weighted by molar-refractivity contribution is -0.145. The van der Waals surface area contributed by atoms with E-state index in [1.165, 1.54) is 6.21 Å². The number of nitrogens with one attached hydrogen (secondary N) is 1. The van der Waals surface area contributed by atoms with Gasteiger partial charge in [-0.1, -0.05) is 42.1 Å². The van der Waals surface area contributed by atoms with E-state index in [0.29, 0.717) is 28.7 Å². The van der Waals surface area contributed by atoms with E-state index < -0.39 is 11.8 Å². The number of hydrazone groups is 1. The molecule has 2 rings (SSSR count). The van der Waals surface area contributed by atoms with E-state index in [1.807, 2.05) is 0 Å². The van der Waals surface area contributed by atoms with Crippen molar-refractivity contribution in [3.63, 3.8) is 0 Å². The number of rotatable bonds is 2. The summed E-state index contributed by atoms with van der Waals surface area (Å²) in [6.07, 6.45) is 5.37. The molecule has 1 aromatic rings. The second-order valence-electron chi connectivity index (χ2n) is 5.04. The van der Waals surface area contributed by atoms with Crippen LogP contribution in [0.3, 0.4) is 0 Å². The average molecular weight is 342 g/mol. The predicted molar refractivity (Wildman–Crippen MR) is 87.2 cm³/mol. The highest BCUT2D eigenvalue weighted by atomic mass is 35.5. The van der Waals surface area contributed by atoms with E-state index >= 15 is 0 Å². The molecule has 0 bridgehead atoms. The van der Waals surface area contributed by atoms with Gasteiger partial charge in [0.1, 0.15) is 0 Å². The second kappa shape index (κ2) is 8.15. The highest BCUT2D eigenvalue weighted by molar-refractivity contribution is 6.38. The van der Waals surface area contributed by atoms with Crippen LogP contribution in [0.1, 0.15) is 31.2 Å². The maximum atomic E-state index is 12.0. The van der Waals surface area contributed by atoms with Gasteiger partial charge in [-0.3, -0.25) is 9.59 Å². The van der Waals surface area contributed by atoms with E-state index in [4.69, 9.17) is 23.2 Å². The van der Waals surface area contributed by atoms with Gasteiger partial charge in [-0.2, -0.15) is 5.10 Å².